The Bertz CT molecular complexity index is 295. The van der Waals surface area contributed by atoms with E-state index in [2.05, 4.69) is 4.98 Å². The molecular formula is C10H14N2O2. The third-order valence-electron chi connectivity index (χ3n) is 1.79. The SMILES string of the molecule is CC(=O)OCCc1ccc(CN)nc1. The summed E-state index contributed by atoms with van der Waals surface area (Å²) in [6, 6.07) is 3.82. The maximum absolute atomic E-state index is 10.5. The molecule has 0 unspecified atom stereocenters. The van der Waals surface area contributed by atoms with E-state index in [1.165, 1.54) is 6.92 Å². The van der Waals surface area contributed by atoms with E-state index in [0.717, 1.165) is 11.3 Å². The smallest absolute Gasteiger partial charge is 0.302 e. The molecule has 0 aliphatic heterocycles. The summed E-state index contributed by atoms with van der Waals surface area (Å²) in [4.78, 5) is 14.6. The number of aromatic nitrogens is 1. The molecule has 4 heteroatoms. The number of nitrogens with two attached hydrogens (primary N) is 1. The van der Waals surface area contributed by atoms with Crippen molar-refractivity contribution in [3.63, 3.8) is 0 Å². The molecule has 0 saturated heterocycles. The normalized spacial score (nSPS) is 9.86. The molecule has 1 aromatic heterocycles. The summed E-state index contributed by atoms with van der Waals surface area (Å²) in [5.41, 5.74) is 7.32. The Hall–Kier alpha value is -1.42. The van der Waals surface area contributed by atoms with Gasteiger partial charge in [-0.25, -0.2) is 0 Å². The lowest BCUT2D eigenvalue weighted by Gasteiger charge is -2.02. The molecule has 0 radical (unpaired) electrons. The van der Waals surface area contributed by atoms with Crippen LogP contribution in [0.4, 0.5) is 0 Å². The summed E-state index contributed by atoms with van der Waals surface area (Å²) in [5.74, 6) is -0.253. The molecule has 0 amide bonds. The summed E-state index contributed by atoms with van der Waals surface area (Å²) in [6.45, 7) is 2.25. The van der Waals surface area contributed by atoms with Gasteiger partial charge < -0.3 is 10.5 Å². The third kappa shape index (κ3) is 3.53. The minimum atomic E-state index is -0.253. The van der Waals surface area contributed by atoms with Gasteiger partial charge in [0, 0.05) is 26.1 Å². The van der Waals surface area contributed by atoms with Crippen LogP contribution in [0, 0.1) is 0 Å². The molecule has 0 aliphatic rings. The van der Waals surface area contributed by atoms with Crippen LogP contribution < -0.4 is 5.73 Å². The fourth-order valence-electron chi connectivity index (χ4n) is 1.04. The zero-order chi connectivity index (χ0) is 10.4. The number of nitrogens with zero attached hydrogens (tertiary/aromatic N) is 1. The number of hydrogen-bond donors (Lipinski definition) is 1. The van der Waals surface area contributed by atoms with E-state index in [4.69, 9.17) is 10.5 Å². The standard InChI is InChI=1S/C10H14N2O2/c1-8(13)14-5-4-9-2-3-10(6-11)12-7-9/h2-3,7H,4-6,11H2,1H3. The van der Waals surface area contributed by atoms with Crippen LogP contribution in [0.15, 0.2) is 18.3 Å². The van der Waals surface area contributed by atoms with E-state index in [1.807, 2.05) is 12.1 Å². The molecule has 0 atom stereocenters. The molecule has 14 heavy (non-hydrogen) atoms. The molecule has 0 aliphatic carbocycles. The maximum atomic E-state index is 10.5. The highest BCUT2D eigenvalue weighted by Crippen LogP contribution is 2.00. The Labute approximate surface area is 83.1 Å². The van der Waals surface area contributed by atoms with Crippen LogP contribution in [0.3, 0.4) is 0 Å². The van der Waals surface area contributed by atoms with Crippen molar-refractivity contribution in [2.24, 2.45) is 5.73 Å². The van der Waals surface area contributed by atoms with E-state index in [0.29, 0.717) is 19.6 Å². The Kier molecular flexibility index (Phi) is 4.07. The predicted octanol–water partition coefficient (Wildman–Crippen LogP) is 0.646. The van der Waals surface area contributed by atoms with E-state index >= 15 is 0 Å². The van der Waals surface area contributed by atoms with Crippen molar-refractivity contribution < 1.29 is 9.53 Å². The predicted molar refractivity (Wildman–Crippen MR) is 52.5 cm³/mol. The lowest BCUT2D eigenvalue weighted by atomic mass is 10.2. The first-order valence-corrected chi connectivity index (χ1v) is 4.49. The van der Waals surface area contributed by atoms with Crippen molar-refractivity contribution in [2.75, 3.05) is 6.61 Å². The van der Waals surface area contributed by atoms with Gasteiger partial charge in [0.15, 0.2) is 0 Å². The second kappa shape index (κ2) is 5.34. The van der Waals surface area contributed by atoms with Crippen LogP contribution in [0.5, 0.6) is 0 Å². The first kappa shape index (κ1) is 10.7. The van der Waals surface area contributed by atoms with E-state index in [9.17, 15) is 4.79 Å². The van der Waals surface area contributed by atoms with Gasteiger partial charge >= 0.3 is 5.97 Å². The molecule has 0 spiro atoms. The summed E-state index contributed by atoms with van der Waals surface area (Å²) in [5, 5.41) is 0. The van der Waals surface area contributed by atoms with Crippen LogP contribution in [0.25, 0.3) is 0 Å². The number of hydrogen-bond acceptors (Lipinski definition) is 4. The van der Waals surface area contributed by atoms with E-state index in [-0.39, 0.29) is 5.97 Å². The number of ether oxygens (including phenoxy) is 1. The fourth-order valence-corrected chi connectivity index (χ4v) is 1.04. The lowest BCUT2D eigenvalue weighted by Crippen LogP contribution is -2.04. The molecular weight excluding hydrogens is 180 g/mol. The molecule has 0 bridgehead atoms. The topological polar surface area (TPSA) is 65.2 Å². The third-order valence-corrected chi connectivity index (χ3v) is 1.79. The van der Waals surface area contributed by atoms with Gasteiger partial charge in [0.1, 0.15) is 0 Å². The van der Waals surface area contributed by atoms with Gasteiger partial charge in [-0.15, -0.1) is 0 Å². The minimum Gasteiger partial charge on any atom is -0.466 e. The van der Waals surface area contributed by atoms with Crippen LogP contribution in [-0.2, 0) is 22.5 Å². The van der Waals surface area contributed by atoms with Crippen molar-refractivity contribution in [1.82, 2.24) is 4.98 Å². The van der Waals surface area contributed by atoms with Gasteiger partial charge in [0.25, 0.3) is 0 Å². The highest BCUT2D eigenvalue weighted by molar-refractivity contribution is 5.65. The van der Waals surface area contributed by atoms with Crippen molar-refractivity contribution in [3.05, 3.63) is 29.6 Å². The van der Waals surface area contributed by atoms with Gasteiger partial charge in [-0.05, 0) is 11.6 Å². The van der Waals surface area contributed by atoms with E-state index in [1.54, 1.807) is 6.20 Å². The monoisotopic (exact) mass is 194 g/mol. The highest BCUT2D eigenvalue weighted by atomic mass is 16.5. The Morgan fingerprint density at radius 3 is 2.86 bits per heavy atom. The van der Waals surface area contributed by atoms with Crippen molar-refractivity contribution in [3.8, 4) is 0 Å². The highest BCUT2D eigenvalue weighted by Gasteiger charge is 1.96. The fraction of sp³-hybridized carbons (Fsp3) is 0.400. The number of esters is 1. The summed E-state index contributed by atoms with van der Waals surface area (Å²) >= 11 is 0. The number of rotatable bonds is 4. The van der Waals surface area contributed by atoms with Crippen molar-refractivity contribution in [2.45, 2.75) is 19.9 Å². The number of pyridine rings is 1. The molecule has 0 aromatic carbocycles. The second-order valence-electron chi connectivity index (χ2n) is 2.95. The van der Waals surface area contributed by atoms with Crippen molar-refractivity contribution in [1.29, 1.82) is 0 Å². The molecule has 1 aromatic rings. The Balaban J connectivity index is 2.40. The van der Waals surface area contributed by atoms with Crippen LogP contribution in [-0.4, -0.2) is 17.6 Å². The summed E-state index contributed by atoms with van der Waals surface area (Å²) in [7, 11) is 0. The van der Waals surface area contributed by atoms with Gasteiger partial charge in [0.2, 0.25) is 0 Å². The molecule has 4 nitrogen and oxygen atoms in total. The van der Waals surface area contributed by atoms with Crippen LogP contribution in [0.2, 0.25) is 0 Å². The van der Waals surface area contributed by atoms with E-state index < -0.39 is 0 Å². The Morgan fingerprint density at radius 2 is 2.36 bits per heavy atom. The summed E-state index contributed by atoms with van der Waals surface area (Å²) in [6.07, 6.45) is 2.45. The molecule has 1 rings (SSSR count). The average molecular weight is 194 g/mol. The first-order chi connectivity index (χ1) is 6.72. The quantitative estimate of drug-likeness (QED) is 0.714. The summed E-state index contributed by atoms with van der Waals surface area (Å²) < 4.78 is 4.81. The zero-order valence-corrected chi connectivity index (χ0v) is 8.19. The molecule has 76 valence electrons. The largest absolute Gasteiger partial charge is 0.466 e. The van der Waals surface area contributed by atoms with Crippen LogP contribution in [0.1, 0.15) is 18.2 Å². The lowest BCUT2D eigenvalue weighted by molar-refractivity contribution is -0.140. The van der Waals surface area contributed by atoms with Gasteiger partial charge in [-0.1, -0.05) is 6.07 Å². The maximum Gasteiger partial charge on any atom is 0.302 e. The zero-order valence-electron chi connectivity index (χ0n) is 8.19. The van der Waals surface area contributed by atoms with Gasteiger partial charge in [-0.2, -0.15) is 0 Å². The van der Waals surface area contributed by atoms with Crippen molar-refractivity contribution >= 4 is 5.97 Å². The molecule has 0 saturated carbocycles. The second-order valence-corrected chi connectivity index (χ2v) is 2.95. The first-order valence-electron chi connectivity index (χ1n) is 4.49. The van der Waals surface area contributed by atoms with Gasteiger partial charge in [0.05, 0.1) is 12.3 Å². The minimum absolute atomic E-state index is 0.253. The average Bonchev–Trinajstić information content (AvgIpc) is 2.18. The van der Waals surface area contributed by atoms with Crippen LogP contribution >= 0.6 is 0 Å². The Morgan fingerprint density at radius 1 is 1.57 bits per heavy atom. The molecule has 2 N–H and O–H groups in total. The number of carbonyl (C=O) groups excluding carboxylic acids is 1. The number of carbonyl (C=O) groups is 1. The molecule has 0 fully saturated rings. The molecule has 1 heterocycles. The van der Waals surface area contributed by atoms with Gasteiger partial charge in [-0.3, -0.25) is 9.78 Å².